The van der Waals surface area contributed by atoms with E-state index in [1.165, 1.54) is 5.56 Å². The van der Waals surface area contributed by atoms with Gasteiger partial charge in [0.15, 0.2) is 11.6 Å². The summed E-state index contributed by atoms with van der Waals surface area (Å²) in [5.41, 5.74) is 5.44. The van der Waals surface area contributed by atoms with E-state index < -0.39 is 0 Å². The van der Waals surface area contributed by atoms with Crippen LogP contribution in [-0.2, 0) is 16.1 Å². The Labute approximate surface area is 253 Å². The van der Waals surface area contributed by atoms with Crippen LogP contribution < -0.4 is 10.7 Å². The summed E-state index contributed by atoms with van der Waals surface area (Å²) in [6.07, 6.45) is 8.39. The van der Waals surface area contributed by atoms with Gasteiger partial charge in [-0.25, -0.2) is 0 Å². The highest BCUT2D eigenvalue weighted by Crippen LogP contribution is 2.40. The van der Waals surface area contributed by atoms with Crippen molar-refractivity contribution in [1.82, 2.24) is 4.57 Å². The number of allylic oxidation sites excluding steroid dienone is 8. The number of hydrogen-bond acceptors (Lipinski definition) is 2. The number of carbonyl (C=O) groups is 2. The second kappa shape index (κ2) is 10.7. The van der Waals surface area contributed by atoms with Crippen LogP contribution >= 0.6 is 0 Å². The molecule has 1 heterocycles. The number of Topliss-reactive ketones (excluding diaryl/α,β-unsaturated/α-hetero) is 2. The Hall–Kier alpha value is -3.46. The van der Waals surface area contributed by atoms with Gasteiger partial charge in [0.1, 0.15) is 0 Å². The van der Waals surface area contributed by atoms with Gasteiger partial charge >= 0.3 is 0 Å². The fourth-order valence-corrected chi connectivity index (χ4v) is 5.69. The highest BCUT2D eigenvalue weighted by molar-refractivity contribution is 6.15. The lowest BCUT2D eigenvalue weighted by Gasteiger charge is -2.31. The molecule has 0 saturated carbocycles. The molecule has 2 aliphatic carbocycles. The molecule has 0 bridgehead atoms. The summed E-state index contributed by atoms with van der Waals surface area (Å²) in [5, 5.41) is 2.12. The lowest BCUT2D eigenvalue weighted by atomic mass is 9.72. The second-order valence-electron chi connectivity index (χ2n) is 16.0. The standard InChI is InChI=1S/C39H49NO2/c1-36(2,3)28-20-26(21-29(34(28)41)37(4,5)6)32-18-19-33(40(32)24-25-16-14-13-15-17-25)27-22-30(38(7,8)9)35(42)31(23-27)39(10,11)12/h13-23H,24H2,1-12H3. The fraction of sp³-hybridized carbons (Fsp3) is 0.436. The van der Waals surface area contributed by atoms with Crippen molar-refractivity contribution < 1.29 is 9.59 Å². The minimum Gasteiger partial charge on any atom is -0.336 e. The quantitative estimate of drug-likeness (QED) is 0.373. The van der Waals surface area contributed by atoms with E-state index in [1.54, 1.807) is 0 Å². The average Bonchev–Trinajstić information content (AvgIpc) is 3.25. The van der Waals surface area contributed by atoms with Crippen molar-refractivity contribution in [3.63, 3.8) is 0 Å². The topological polar surface area (TPSA) is 39.1 Å². The Morgan fingerprint density at radius 3 is 1.07 bits per heavy atom. The number of ketones is 2. The molecule has 222 valence electrons. The number of carbonyl (C=O) groups excluding carboxylic acids is 2. The Morgan fingerprint density at radius 2 is 0.786 bits per heavy atom. The smallest absolute Gasteiger partial charge is 0.186 e. The molecule has 0 atom stereocenters. The third-order valence-electron chi connectivity index (χ3n) is 8.17. The van der Waals surface area contributed by atoms with Crippen LogP contribution in [0.4, 0.5) is 0 Å². The molecule has 0 saturated heterocycles. The van der Waals surface area contributed by atoms with E-state index in [1.807, 2.05) is 6.07 Å². The summed E-state index contributed by atoms with van der Waals surface area (Å²) in [6, 6.07) is 14.8. The van der Waals surface area contributed by atoms with Crippen molar-refractivity contribution in [3.8, 4) is 0 Å². The molecule has 1 aromatic carbocycles. The molecule has 3 heteroatoms. The van der Waals surface area contributed by atoms with E-state index in [-0.39, 0.29) is 33.2 Å². The summed E-state index contributed by atoms with van der Waals surface area (Å²) in [6.45, 7) is 26.0. The molecule has 0 amide bonds. The fourth-order valence-electron chi connectivity index (χ4n) is 5.69. The molecule has 0 aliphatic heterocycles. The van der Waals surface area contributed by atoms with Crippen LogP contribution in [0.5, 0.6) is 0 Å². The first-order chi connectivity index (χ1) is 19.2. The predicted octanol–water partition coefficient (Wildman–Crippen LogP) is 7.89. The van der Waals surface area contributed by atoms with Gasteiger partial charge in [-0.1, -0.05) is 113 Å². The zero-order valence-electron chi connectivity index (χ0n) is 27.8. The zero-order chi connectivity index (χ0) is 31.4. The van der Waals surface area contributed by atoms with Crippen LogP contribution in [-0.4, -0.2) is 16.1 Å². The monoisotopic (exact) mass is 563 g/mol. The molecular weight excluding hydrogens is 514 g/mol. The van der Waals surface area contributed by atoms with Gasteiger partial charge in [0.2, 0.25) is 0 Å². The van der Waals surface area contributed by atoms with E-state index in [9.17, 15) is 9.59 Å². The van der Waals surface area contributed by atoms with Crippen LogP contribution in [0.15, 0.2) is 89.1 Å². The van der Waals surface area contributed by atoms with Crippen molar-refractivity contribution >= 4 is 22.7 Å². The maximum atomic E-state index is 13.7. The highest BCUT2D eigenvalue weighted by Gasteiger charge is 2.36. The molecule has 4 rings (SSSR count). The molecule has 2 aromatic rings. The number of hydrogen-bond donors (Lipinski definition) is 0. The van der Waals surface area contributed by atoms with Crippen LogP contribution in [0.3, 0.4) is 0 Å². The van der Waals surface area contributed by atoms with Gasteiger partial charge < -0.3 is 4.57 Å². The maximum absolute atomic E-state index is 13.7. The third kappa shape index (κ3) is 6.31. The van der Waals surface area contributed by atoms with E-state index >= 15 is 0 Å². The summed E-state index contributed by atoms with van der Waals surface area (Å²) < 4.78 is 2.35. The molecule has 3 nitrogen and oxygen atoms in total. The van der Waals surface area contributed by atoms with Gasteiger partial charge in [-0.3, -0.25) is 9.59 Å². The lowest BCUT2D eigenvalue weighted by molar-refractivity contribution is -0.114. The maximum Gasteiger partial charge on any atom is 0.186 e. The van der Waals surface area contributed by atoms with Crippen molar-refractivity contribution in [3.05, 3.63) is 105 Å². The predicted molar refractivity (Wildman–Crippen MR) is 176 cm³/mol. The van der Waals surface area contributed by atoms with E-state index in [2.05, 4.69) is 148 Å². The van der Waals surface area contributed by atoms with Crippen molar-refractivity contribution in [2.24, 2.45) is 21.7 Å². The van der Waals surface area contributed by atoms with E-state index in [0.717, 1.165) is 44.1 Å². The molecule has 42 heavy (non-hydrogen) atoms. The second-order valence-corrected chi connectivity index (χ2v) is 16.0. The Kier molecular flexibility index (Phi) is 8.00. The van der Waals surface area contributed by atoms with Crippen molar-refractivity contribution in [1.29, 1.82) is 0 Å². The average molecular weight is 564 g/mol. The molecule has 0 fully saturated rings. The molecule has 1 aromatic heterocycles. The van der Waals surface area contributed by atoms with E-state index in [0.29, 0.717) is 6.54 Å². The summed E-state index contributed by atoms with van der Waals surface area (Å²) in [4.78, 5) is 27.4. The molecule has 0 unspecified atom stereocenters. The van der Waals surface area contributed by atoms with Gasteiger partial charge in [0, 0.05) is 39.5 Å². The Bertz CT molecular complexity index is 1490. The molecule has 2 aliphatic rings. The van der Waals surface area contributed by atoms with Gasteiger partial charge in [-0.05, 0) is 74.8 Å². The van der Waals surface area contributed by atoms with Crippen molar-refractivity contribution in [2.45, 2.75) is 89.6 Å². The number of nitrogens with zero attached hydrogens (tertiary/aromatic N) is 1. The number of rotatable bonds is 2. The normalized spacial score (nSPS) is 17.2. The van der Waals surface area contributed by atoms with Gasteiger partial charge in [-0.15, -0.1) is 0 Å². The SMILES string of the molecule is CC(C)(C)C1=CC(=c2ccc(=C3C=C(C(C)(C)C)C(=O)C(C(C)(C)C)=C3)n2Cc2ccccc2)C=C(C(C)(C)C)C1=O. The van der Waals surface area contributed by atoms with Gasteiger partial charge in [0.25, 0.3) is 0 Å². The minimum atomic E-state index is -0.292. The minimum absolute atomic E-state index is 0.135. The first-order valence-electron chi connectivity index (χ1n) is 15.2. The molecule has 0 radical (unpaired) electrons. The molecule has 0 spiro atoms. The highest BCUT2D eigenvalue weighted by atomic mass is 16.1. The number of benzene rings is 1. The number of aromatic nitrogens is 1. The Morgan fingerprint density at radius 1 is 0.476 bits per heavy atom. The Balaban J connectivity index is 2.18. The lowest BCUT2D eigenvalue weighted by Crippen LogP contribution is -2.34. The first kappa shape index (κ1) is 31.5. The van der Waals surface area contributed by atoms with Crippen LogP contribution in [0.25, 0.3) is 11.1 Å². The molecule has 0 N–H and O–H groups in total. The van der Waals surface area contributed by atoms with Crippen LogP contribution in [0.2, 0.25) is 0 Å². The van der Waals surface area contributed by atoms with Gasteiger partial charge in [-0.2, -0.15) is 0 Å². The summed E-state index contributed by atoms with van der Waals surface area (Å²) in [7, 11) is 0. The molecular formula is C39H49NO2. The van der Waals surface area contributed by atoms with Gasteiger partial charge in [0.05, 0.1) is 0 Å². The third-order valence-corrected chi connectivity index (χ3v) is 8.17. The van der Waals surface area contributed by atoms with Crippen LogP contribution in [0, 0.1) is 21.7 Å². The van der Waals surface area contributed by atoms with E-state index in [4.69, 9.17) is 0 Å². The summed E-state index contributed by atoms with van der Waals surface area (Å²) >= 11 is 0. The summed E-state index contributed by atoms with van der Waals surface area (Å²) in [5.74, 6) is 0.270. The largest absolute Gasteiger partial charge is 0.336 e. The van der Waals surface area contributed by atoms with Crippen molar-refractivity contribution in [2.75, 3.05) is 0 Å². The van der Waals surface area contributed by atoms with Crippen LogP contribution in [0.1, 0.15) is 88.6 Å². The first-order valence-corrected chi connectivity index (χ1v) is 15.2. The zero-order valence-corrected chi connectivity index (χ0v) is 27.8.